The number of hydrogen-bond acceptors (Lipinski definition) is 4. The molecule has 0 saturated carbocycles. The van der Waals surface area contributed by atoms with Gasteiger partial charge in [-0.2, -0.15) is 0 Å². The van der Waals surface area contributed by atoms with Crippen LogP contribution in [0.5, 0.6) is 0 Å². The number of nitrogens with one attached hydrogen (secondary N) is 1. The molecule has 0 aromatic heterocycles. The van der Waals surface area contributed by atoms with E-state index in [1.54, 1.807) is 11.8 Å². The van der Waals surface area contributed by atoms with Crippen LogP contribution < -0.4 is 5.32 Å². The predicted octanol–water partition coefficient (Wildman–Crippen LogP) is 1.91. The molecule has 1 atom stereocenters. The molecule has 1 unspecified atom stereocenters. The molecular weight excluding hydrogens is 308 g/mol. The predicted molar refractivity (Wildman–Crippen MR) is 88.4 cm³/mol. The number of piperidine rings is 1. The number of rotatable bonds is 4. The van der Waals surface area contributed by atoms with Crippen LogP contribution >= 0.6 is 0 Å². The molecule has 1 fully saturated rings. The number of fused-ring (bicyclic) bond motifs is 1. The van der Waals surface area contributed by atoms with Crippen LogP contribution in [0.3, 0.4) is 0 Å². The lowest BCUT2D eigenvalue weighted by Crippen LogP contribution is -2.41. The number of carbonyl (C=O) groups excluding carboxylic acids is 3. The van der Waals surface area contributed by atoms with E-state index < -0.39 is 5.92 Å². The van der Waals surface area contributed by atoms with Gasteiger partial charge in [-0.15, -0.1) is 0 Å². The summed E-state index contributed by atoms with van der Waals surface area (Å²) in [6.45, 7) is 3.26. The van der Waals surface area contributed by atoms with Crippen LogP contribution in [0.15, 0.2) is 24.3 Å². The number of nitrogens with zero attached hydrogens (tertiary/aromatic N) is 1. The lowest BCUT2D eigenvalue weighted by Gasteiger charge is -2.31. The first-order valence-corrected chi connectivity index (χ1v) is 8.44. The van der Waals surface area contributed by atoms with E-state index in [-0.39, 0.29) is 30.1 Å². The van der Waals surface area contributed by atoms with Crippen molar-refractivity contribution in [2.75, 3.05) is 25.0 Å². The minimum Gasteiger partial charge on any atom is -0.466 e. The third-order valence-corrected chi connectivity index (χ3v) is 4.76. The van der Waals surface area contributed by atoms with E-state index >= 15 is 0 Å². The van der Waals surface area contributed by atoms with E-state index in [0.717, 1.165) is 11.3 Å². The minimum atomic E-state index is -0.420. The van der Waals surface area contributed by atoms with Crippen molar-refractivity contribution < 1.29 is 19.1 Å². The normalized spacial score (nSPS) is 20.5. The molecule has 2 aliphatic rings. The van der Waals surface area contributed by atoms with E-state index in [0.29, 0.717) is 32.5 Å². The van der Waals surface area contributed by atoms with Crippen molar-refractivity contribution >= 4 is 23.5 Å². The van der Waals surface area contributed by atoms with Crippen molar-refractivity contribution in [1.29, 1.82) is 0 Å². The molecule has 128 valence electrons. The maximum Gasteiger partial charge on any atom is 0.309 e. The smallest absolute Gasteiger partial charge is 0.309 e. The molecule has 0 aliphatic carbocycles. The van der Waals surface area contributed by atoms with Gasteiger partial charge in [0.2, 0.25) is 11.8 Å². The Hall–Kier alpha value is -2.37. The molecule has 2 heterocycles. The summed E-state index contributed by atoms with van der Waals surface area (Å²) >= 11 is 0. The summed E-state index contributed by atoms with van der Waals surface area (Å²) in [5.41, 5.74) is 1.68. The second-order valence-electron chi connectivity index (χ2n) is 6.24. The number of carbonyl (C=O) groups is 3. The quantitative estimate of drug-likeness (QED) is 0.856. The highest BCUT2D eigenvalue weighted by atomic mass is 16.5. The Bertz CT molecular complexity index is 650. The van der Waals surface area contributed by atoms with Crippen LogP contribution in [-0.2, 0) is 19.1 Å². The van der Waals surface area contributed by atoms with Crippen LogP contribution in [0.2, 0.25) is 0 Å². The standard InChI is InChI=1S/C18H22N2O4/c1-2-24-18(23)12-7-9-20(10-8-12)16(21)11-14-13-5-3-4-6-15(13)19-17(14)22/h3-6,12,14H,2,7-11H2,1H3,(H,19,22). The molecule has 24 heavy (non-hydrogen) atoms. The second kappa shape index (κ2) is 7.03. The maximum absolute atomic E-state index is 12.5. The van der Waals surface area contributed by atoms with Crippen LogP contribution in [0, 0.1) is 5.92 Å². The first-order valence-electron chi connectivity index (χ1n) is 8.44. The largest absolute Gasteiger partial charge is 0.466 e. The summed E-state index contributed by atoms with van der Waals surface area (Å²) in [7, 11) is 0. The molecule has 0 bridgehead atoms. The summed E-state index contributed by atoms with van der Waals surface area (Å²) in [5.74, 6) is -0.866. The number of benzene rings is 1. The Morgan fingerprint density at radius 3 is 2.67 bits per heavy atom. The monoisotopic (exact) mass is 330 g/mol. The highest BCUT2D eigenvalue weighted by molar-refractivity contribution is 6.04. The van der Waals surface area contributed by atoms with Gasteiger partial charge in [0.15, 0.2) is 0 Å². The molecular formula is C18H22N2O4. The molecule has 1 aromatic rings. The Kier molecular flexibility index (Phi) is 4.83. The highest BCUT2D eigenvalue weighted by Gasteiger charge is 2.34. The van der Waals surface area contributed by atoms with Gasteiger partial charge in [-0.3, -0.25) is 14.4 Å². The SMILES string of the molecule is CCOC(=O)C1CCN(C(=O)CC2C(=O)Nc3ccccc32)CC1. The summed E-state index contributed by atoms with van der Waals surface area (Å²) in [6.07, 6.45) is 1.42. The Balaban J connectivity index is 1.57. The molecule has 6 nitrogen and oxygen atoms in total. The first-order chi connectivity index (χ1) is 11.6. The van der Waals surface area contributed by atoms with Gasteiger partial charge < -0.3 is 15.0 Å². The molecule has 6 heteroatoms. The van der Waals surface area contributed by atoms with Gasteiger partial charge in [-0.05, 0) is 31.4 Å². The van der Waals surface area contributed by atoms with Gasteiger partial charge in [-0.25, -0.2) is 0 Å². The van der Waals surface area contributed by atoms with Crippen LogP contribution in [0.25, 0.3) is 0 Å². The lowest BCUT2D eigenvalue weighted by molar-refractivity contribution is -0.151. The summed E-state index contributed by atoms with van der Waals surface area (Å²) in [4.78, 5) is 38.2. The minimum absolute atomic E-state index is 0.0332. The summed E-state index contributed by atoms with van der Waals surface area (Å²) in [6, 6.07) is 7.48. The third kappa shape index (κ3) is 3.27. The van der Waals surface area contributed by atoms with E-state index in [9.17, 15) is 14.4 Å². The fourth-order valence-corrected chi connectivity index (χ4v) is 3.41. The topological polar surface area (TPSA) is 75.7 Å². The summed E-state index contributed by atoms with van der Waals surface area (Å²) < 4.78 is 5.04. The Labute approximate surface area is 141 Å². The van der Waals surface area contributed by atoms with Crippen molar-refractivity contribution in [3.63, 3.8) is 0 Å². The van der Waals surface area contributed by atoms with E-state index in [2.05, 4.69) is 5.32 Å². The van der Waals surface area contributed by atoms with Crippen molar-refractivity contribution in [1.82, 2.24) is 4.90 Å². The molecule has 2 aliphatic heterocycles. The van der Waals surface area contributed by atoms with Gasteiger partial charge in [0.05, 0.1) is 18.4 Å². The average Bonchev–Trinajstić information content (AvgIpc) is 2.91. The zero-order chi connectivity index (χ0) is 17.1. The molecule has 1 N–H and O–H groups in total. The van der Waals surface area contributed by atoms with Crippen molar-refractivity contribution in [3.8, 4) is 0 Å². The molecule has 0 radical (unpaired) electrons. The molecule has 2 amide bonds. The fraction of sp³-hybridized carbons (Fsp3) is 0.500. The Morgan fingerprint density at radius 2 is 1.96 bits per heavy atom. The first kappa shape index (κ1) is 16.5. The maximum atomic E-state index is 12.5. The van der Waals surface area contributed by atoms with Crippen molar-refractivity contribution in [3.05, 3.63) is 29.8 Å². The van der Waals surface area contributed by atoms with Gasteiger partial charge in [-0.1, -0.05) is 18.2 Å². The number of ether oxygens (including phenoxy) is 1. The molecule has 3 rings (SSSR count). The molecule has 1 saturated heterocycles. The van der Waals surface area contributed by atoms with Gasteiger partial charge in [0.25, 0.3) is 0 Å². The zero-order valence-corrected chi connectivity index (χ0v) is 13.8. The lowest BCUT2D eigenvalue weighted by atomic mass is 9.94. The Morgan fingerprint density at radius 1 is 1.25 bits per heavy atom. The number of anilines is 1. The summed E-state index contributed by atoms with van der Waals surface area (Å²) in [5, 5.41) is 2.82. The van der Waals surface area contributed by atoms with Crippen molar-refractivity contribution in [2.24, 2.45) is 5.92 Å². The molecule has 0 spiro atoms. The van der Waals surface area contributed by atoms with Gasteiger partial charge >= 0.3 is 5.97 Å². The van der Waals surface area contributed by atoms with Crippen LogP contribution in [-0.4, -0.2) is 42.4 Å². The van der Waals surface area contributed by atoms with Crippen LogP contribution in [0.4, 0.5) is 5.69 Å². The van der Waals surface area contributed by atoms with E-state index in [4.69, 9.17) is 4.74 Å². The number of para-hydroxylation sites is 1. The average molecular weight is 330 g/mol. The van der Waals surface area contributed by atoms with Gasteiger partial charge in [0, 0.05) is 25.2 Å². The fourth-order valence-electron chi connectivity index (χ4n) is 3.41. The van der Waals surface area contributed by atoms with Gasteiger partial charge in [0.1, 0.15) is 0 Å². The third-order valence-electron chi connectivity index (χ3n) is 4.76. The van der Waals surface area contributed by atoms with E-state index in [1.165, 1.54) is 0 Å². The second-order valence-corrected chi connectivity index (χ2v) is 6.24. The number of esters is 1. The highest BCUT2D eigenvalue weighted by Crippen LogP contribution is 2.35. The number of amides is 2. The van der Waals surface area contributed by atoms with Crippen LogP contribution in [0.1, 0.15) is 37.7 Å². The molecule has 1 aromatic carbocycles. The number of likely N-dealkylation sites (tertiary alicyclic amines) is 1. The van der Waals surface area contributed by atoms with E-state index in [1.807, 2.05) is 24.3 Å². The zero-order valence-electron chi connectivity index (χ0n) is 13.8. The number of hydrogen-bond donors (Lipinski definition) is 1. The van der Waals surface area contributed by atoms with Crippen molar-refractivity contribution in [2.45, 2.75) is 32.1 Å².